The van der Waals surface area contributed by atoms with Crippen molar-refractivity contribution in [3.63, 3.8) is 0 Å². The molecule has 0 spiro atoms. The Morgan fingerprint density at radius 1 is 1.43 bits per heavy atom. The van der Waals surface area contributed by atoms with Crippen LogP contribution in [0.5, 0.6) is 5.75 Å². The fraction of sp³-hybridized carbons (Fsp3) is 0.455. The van der Waals surface area contributed by atoms with Crippen LogP contribution in [0, 0.1) is 3.70 Å². The SMILES string of the molecule is CCOC(=O)Cc1c(I)ncc(C(F)F)c1OC(F)(F)F. The van der Waals surface area contributed by atoms with Crippen molar-refractivity contribution in [2.24, 2.45) is 0 Å². The van der Waals surface area contributed by atoms with E-state index in [1.165, 1.54) is 29.5 Å². The van der Waals surface area contributed by atoms with Crippen LogP contribution in [-0.4, -0.2) is 23.9 Å². The molecule has 10 heteroatoms. The van der Waals surface area contributed by atoms with E-state index >= 15 is 0 Å². The molecule has 118 valence electrons. The summed E-state index contributed by atoms with van der Waals surface area (Å²) < 4.78 is 70.9. The first kappa shape index (κ1) is 17.9. The van der Waals surface area contributed by atoms with Gasteiger partial charge in [-0.1, -0.05) is 0 Å². The molecule has 0 saturated heterocycles. The van der Waals surface area contributed by atoms with E-state index < -0.39 is 36.5 Å². The van der Waals surface area contributed by atoms with Crippen LogP contribution < -0.4 is 4.74 Å². The highest BCUT2D eigenvalue weighted by Crippen LogP contribution is 2.37. The van der Waals surface area contributed by atoms with Crippen molar-refractivity contribution in [1.82, 2.24) is 4.98 Å². The lowest BCUT2D eigenvalue weighted by atomic mass is 10.1. The normalized spacial score (nSPS) is 11.6. The van der Waals surface area contributed by atoms with Crippen LogP contribution in [0.4, 0.5) is 22.0 Å². The van der Waals surface area contributed by atoms with E-state index in [0.717, 1.165) is 0 Å². The highest BCUT2D eigenvalue weighted by Gasteiger charge is 2.36. The average molecular weight is 425 g/mol. The van der Waals surface area contributed by atoms with Crippen molar-refractivity contribution in [2.45, 2.75) is 26.1 Å². The third-order valence-electron chi connectivity index (χ3n) is 2.18. The van der Waals surface area contributed by atoms with E-state index in [1.54, 1.807) is 0 Å². The molecule has 1 rings (SSSR count). The van der Waals surface area contributed by atoms with Gasteiger partial charge in [-0.25, -0.2) is 13.8 Å². The summed E-state index contributed by atoms with van der Waals surface area (Å²) in [4.78, 5) is 14.9. The fourth-order valence-electron chi connectivity index (χ4n) is 1.43. The van der Waals surface area contributed by atoms with Gasteiger partial charge in [-0.2, -0.15) is 0 Å². The van der Waals surface area contributed by atoms with Crippen molar-refractivity contribution >= 4 is 28.6 Å². The van der Waals surface area contributed by atoms with Crippen LogP contribution in [0.25, 0.3) is 0 Å². The largest absolute Gasteiger partial charge is 0.573 e. The molecule has 0 unspecified atom stereocenters. The number of aromatic nitrogens is 1. The Balaban J connectivity index is 3.30. The second kappa shape index (κ2) is 7.18. The van der Waals surface area contributed by atoms with E-state index in [4.69, 9.17) is 0 Å². The molecule has 1 aromatic heterocycles. The summed E-state index contributed by atoms with van der Waals surface area (Å²) in [5, 5.41) is 0. The number of halogens is 6. The maximum atomic E-state index is 12.8. The predicted molar refractivity (Wildman–Crippen MR) is 68.9 cm³/mol. The van der Waals surface area contributed by atoms with Gasteiger partial charge >= 0.3 is 12.3 Å². The summed E-state index contributed by atoms with van der Waals surface area (Å²) in [6.45, 7) is 1.51. The minimum atomic E-state index is -5.17. The number of ether oxygens (including phenoxy) is 2. The van der Waals surface area contributed by atoms with E-state index in [-0.39, 0.29) is 15.9 Å². The number of rotatable bonds is 5. The second-order valence-electron chi connectivity index (χ2n) is 3.64. The van der Waals surface area contributed by atoms with Crippen molar-refractivity contribution in [2.75, 3.05) is 6.61 Å². The lowest BCUT2D eigenvalue weighted by molar-refractivity contribution is -0.275. The predicted octanol–water partition coefficient (Wildman–Crippen LogP) is 3.63. The van der Waals surface area contributed by atoms with Crippen LogP contribution in [-0.2, 0) is 16.0 Å². The number of esters is 1. The molecule has 0 bridgehead atoms. The smallest absolute Gasteiger partial charge is 0.466 e. The van der Waals surface area contributed by atoms with Gasteiger partial charge in [0, 0.05) is 11.8 Å². The maximum absolute atomic E-state index is 12.8. The molecule has 0 aliphatic rings. The molecule has 0 saturated carbocycles. The highest BCUT2D eigenvalue weighted by molar-refractivity contribution is 14.1. The monoisotopic (exact) mass is 425 g/mol. The minimum Gasteiger partial charge on any atom is -0.466 e. The van der Waals surface area contributed by atoms with Crippen LogP contribution in [0.2, 0.25) is 0 Å². The summed E-state index contributed by atoms with van der Waals surface area (Å²) in [5.41, 5.74) is -1.42. The molecule has 0 fully saturated rings. The molecular weight excluding hydrogens is 416 g/mol. The lowest BCUT2D eigenvalue weighted by Crippen LogP contribution is -2.21. The van der Waals surface area contributed by atoms with Crippen LogP contribution in [0.3, 0.4) is 0 Å². The Labute approximate surface area is 129 Å². The number of carbonyl (C=O) groups is 1. The third kappa shape index (κ3) is 5.25. The van der Waals surface area contributed by atoms with Gasteiger partial charge in [-0.15, -0.1) is 13.2 Å². The van der Waals surface area contributed by atoms with E-state index in [1.807, 2.05) is 0 Å². The topological polar surface area (TPSA) is 48.4 Å². The van der Waals surface area contributed by atoms with Gasteiger partial charge in [0.15, 0.2) is 0 Å². The number of carbonyl (C=O) groups excluding carboxylic acids is 1. The molecular formula is C11H9F5INO3. The Morgan fingerprint density at radius 2 is 2.05 bits per heavy atom. The fourth-order valence-corrected chi connectivity index (χ4v) is 2.01. The number of pyridine rings is 1. The standard InChI is InChI=1S/C11H9F5INO3/c1-2-20-7(19)3-5-8(21-11(14,15)16)6(9(12)13)4-18-10(5)17/h4,9H,2-3H2,1H3. The second-order valence-corrected chi connectivity index (χ2v) is 4.66. The summed E-state index contributed by atoms with van der Waals surface area (Å²) in [7, 11) is 0. The minimum absolute atomic E-state index is 0.00679. The molecule has 0 atom stereocenters. The Bertz CT molecular complexity index is 521. The summed E-state index contributed by atoms with van der Waals surface area (Å²) in [6, 6.07) is 0. The van der Waals surface area contributed by atoms with Gasteiger partial charge < -0.3 is 9.47 Å². The summed E-state index contributed by atoms with van der Waals surface area (Å²) >= 11 is 1.53. The molecule has 0 aromatic carbocycles. The Hall–Kier alpha value is -1.20. The van der Waals surface area contributed by atoms with Gasteiger partial charge in [-0.3, -0.25) is 4.79 Å². The first-order valence-corrected chi connectivity index (χ1v) is 6.60. The number of hydrogen-bond acceptors (Lipinski definition) is 4. The average Bonchev–Trinajstić information content (AvgIpc) is 2.32. The van der Waals surface area contributed by atoms with E-state index in [9.17, 15) is 26.7 Å². The van der Waals surface area contributed by atoms with Crippen LogP contribution in [0.1, 0.15) is 24.5 Å². The summed E-state index contributed by atoms with van der Waals surface area (Å²) in [5.74, 6) is -1.97. The van der Waals surface area contributed by atoms with Crippen molar-refractivity contribution < 1.29 is 36.2 Å². The van der Waals surface area contributed by atoms with Gasteiger partial charge in [0.05, 0.1) is 18.6 Å². The van der Waals surface area contributed by atoms with Gasteiger partial charge in [0.2, 0.25) is 0 Å². The molecule has 0 aliphatic carbocycles. The number of alkyl halides is 5. The van der Waals surface area contributed by atoms with Gasteiger partial charge in [0.1, 0.15) is 9.45 Å². The molecule has 1 heterocycles. The van der Waals surface area contributed by atoms with Crippen molar-refractivity contribution in [1.29, 1.82) is 0 Å². The molecule has 1 aromatic rings. The van der Waals surface area contributed by atoms with Gasteiger partial charge in [0.25, 0.3) is 6.43 Å². The first-order valence-electron chi connectivity index (χ1n) is 5.52. The van der Waals surface area contributed by atoms with Crippen LogP contribution >= 0.6 is 22.6 Å². The van der Waals surface area contributed by atoms with Crippen molar-refractivity contribution in [3.05, 3.63) is 21.0 Å². The van der Waals surface area contributed by atoms with Crippen LogP contribution in [0.15, 0.2) is 6.20 Å². The molecule has 0 N–H and O–H groups in total. The molecule has 0 aliphatic heterocycles. The molecule has 0 amide bonds. The van der Waals surface area contributed by atoms with Gasteiger partial charge in [-0.05, 0) is 29.5 Å². The zero-order valence-corrected chi connectivity index (χ0v) is 12.7. The molecule has 4 nitrogen and oxygen atoms in total. The Kier molecular flexibility index (Phi) is 6.10. The molecule has 21 heavy (non-hydrogen) atoms. The maximum Gasteiger partial charge on any atom is 0.573 e. The zero-order chi connectivity index (χ0) is 16.2. The quantitative estimate of drug-likeness (QED) is 0.313. The third-order valence-corrected chi connectivity index (χ3v) is 3.11. The van der Waals surface area contributed by atoms with E-state index in [2.05, 4.69) is 14.5 Å². The highest BCUT2D eigenvalue weighted by atomic mass is 127. The number of nitrogens with zero attached hydrogens (tertiary/aromatic N) is 1. The number of hydrogen-bond donors (Lipinski definition) is 0. The van der Waals surface area contributed by atoms with E-state index in [0.29, 0.717) is 6.20 Å². The lowest BCUT2D eigenvalue weighted by Gasteiger charge is -2.17. The first-order chi connectivity index (χ1) is 9.65. The summed E-state index contributed by atoms with van der Waals surface area (Å²) in [6.07, 6.45) is -8.46. The van der Waals surface area contributed by atoms with Crippen molar-refractivity contribution in [3.8, 4) is 5.75 Å². The Morgan fingerprint density at radius 3 is 2.52 bits per heavy atom. The molecule has 0 radical (unpaired) electrons. The zero-order valence-electron chi connectivity index (χ0n) is 10.5.